The van der Waals surface area contributed by atoms with E-state index >= 15 is 0 Å². The lowest BCUT2D eigenvalue weighted by Gasteiger charge is -2.33. The Labute approximate surface area is 202 Å². The summed E-state index contributed by atoms with van der Waals surface area (Å²) in [6.07, 6.45) is 1.44. The van der Waals surface area contributed by atoms with Gasteiger partial charge in [-0.2, -0.15) is 8.42 Å². The smallest absolute Gasteiger partial charge is 0.410 e. The second-order valence-electron chi connectivity index (χ2n) is 9.53. The number of fused-ring (bicyclic) bond motifs is 1. The Balaban J connectivity index is 0.00000103. The number of hydrogen-bond donors (Lipinski definition) is 0. The lowest BCUT2D eigenvalue weighted by atomic mass is 9.96. The highest BCUT2D eigenvalue weighted by molar-refractivity contribution is 7.51. The van der Waals surface area contributed by atoms with E-state index in [1.54, 1.807) is 11.0 Å². The molecule has 9 heteroatoms. The molecule has 0 aliphatic carbocycles. The van der Waals surface area contributed by atoms with Crippen LogP contribution < -0.4 is 0 Å². The molecule has 0 bridgehead atoms. The zero-order valence-corrected chi connectivity index (χ0v) is 20.9. The van der Waals surface area contributed by atoms with Crippen molar-refractivity contribution >= 4 is 28.7 Å². The second-order valence-corrected chi connectivity index (χ2v) is 9.66. The van der Waals surface area contributed by atoms with E-state index in [1.165, 1.54) is 0 Å². The predicted molar refractivity (Wildman–Crippen MR) is 130 cm³/mol. The lowest BCUT2D eigenvalue weighted by Crippen LogP contribution is -2.41. The number of hydrogen-bond acceptors (Lipinski definition) is 5. The zero-order chi connectivity index (χ0) is 25.0. The summed E-state index contributed by atoms with van der Waals surface area (Å²) in [5.41, 5.74) is 3.73. The van der Waals surface area contributed by atoms with Gasteiger partial charge in [-0.05, 0) is 69.9 Å². The molecule has 4 rings (SSSR count). The van der Waals surface area contributed by atoms with E-state index in [0.717, 1.165) is 40.8 Å². The van der Waals surface area contributed by atoms with Gasteiger partial charge in [-0.25, -0.2) is 14.2 Å². The minimum atomic E-state index is -0.750. The van der Waals surface area contributed by atoms with Crippen molar-refractivity contribution in [2.45, 2.75) is 52.1 Å². The van der Waals surface area contributed by atoms with E-state index in [9.17, 15) is 9.18 Å². The quantitative estimate of drug-likeness (QED) is 0.500. The van der Waals surface area contributed by atoms with Crippen LogP contribution in [0.15, 0.2) is 36.4 Å². The number of carbonyl (C=O) groups is 1. The minimum Gasteiger partial charge on any atom is -0.444 e. The Hall–Kier alpha value is -3.07. The largest absolute Gasteiger partial charge is 0.444 e. The molecule has 0 saturated carbocycles. The van der Waals surface area contributed by atoms with Crippen molar-refractivity contribution in [2.24, 2.45) is 7.05 Å². The Morgan fingerprint density at radius 1 is 1.12 bits per heavy atom. The van der Waals surface area contributed by atoms with Gasteiger partial charge >= 0.3 is 17.7 Å². The van der Waals surface area contributed by atoms with Crippen LogP contribution in [0.5, 0.6) is 0 Å². The number of carbonyl (C=O) groups excluding carboxylic acids is 1. The first-order valence-corrected chi connectivity index (χ1v) is 11.8. The van der Waals surface area contributed by atoms with Crippen LogP contribution >= 0.6 is 0 Å². The number of piperidine rings is 1. The van der Waals surface area contributed by atoms with Crippen molar-refractivity contribution in [3.8, 4) is 11.1 Å². The van der Waals surface area contributed by atoms with Crippen LogP contribution in [0.1, 0.15) is 50.9 Å². The van der Waals surface area contributed by atoms with Gasteiger partial charge in [-0.15, -0.1) is 0 Å². The van der Waals surface area contributed by atoms with Crippen LogP contribution in [0, 0.1) is 12.7 Å². The number of nitrogens with zero attached hydrogens (tertiary/aromatic N) is 3. The van der Waals surface area contributed by atoms with Crippen molar-refractivity contribution in [1.29, 1.82) is 0 Å². The van der Waals surface area contributed by atoms with Crippen LogP contribution in [-0.2, 0) is 23.4 Å². The third-order valence-corrected chi connectivity index (χ3v) is 5.86. The molecule has 1 aliphatic heterocycles. The van der Waals surface area contributed by atoms with Gasteiger partial charge in [-0.1, -0.05) is 18.2 Å². The molecule has 1 aromatic heterocycles. The van der Waals surface area contributed by atoms with Gasteiger partial charge in [0.1, 0.15) is 17.2 Å². The fourth-order valence-electron chi connectivity index (χ4n) is 4.25. The summed E-state index contributed by atoms with van der Waals surface area (Å²) in [7, 11) is 2.02. The average molecular weight is 488 g/mol. The normalized spacial score (nSPS) is 14.5. The first kappa shape index (κ1) is 25.6. The van der Waals surface area contributed by atoms with Crippen LogP contribution in [0.25, 0.3) is 22.2 Å². The van der Waals surface area contributed by atoms with Gasteiger partial charge in [0.15, 0.2) is 0 Å². The number of ether oxygens (including phenoxy) is 1. The standard InChI is InChI=1S/C25H30FN3O2.O2S/c1-16-6-8-19(20(26)14-16)18-7-9-22-21(15-18)27-23(28(22)5)17-10-12-29(13-11-17)24(30)31-25(2,3)4;1-3-2/h6-9,14-15,17H,10-13H2,1-5H3;. The third-order valence-electron chi connectivity index (χ3n) is 5.86. The zero-order valence-electron chi connectivity index (χ0n) is 20.1. The van der Waals surface area contributed by atoms with Gasteiger partial charge in [-0.3, -0.25) is 0 Å². The minimum absolute atomic E-state index is 0.218. The molecule has 0 atom stereocenters. The van der Waals surface area contributed by atoms with Gasteiger partial charge in [0, 0.05) is 31.6 Å². The topological polar surface area (TPSA) is 81.5 Å². The van der Waals surface area contributed by atoms with Crippen molar-refractivity contribution in [1.82, 2.24) is 14.5 Å². The van der Waals surface area contributed by atoms with Crippen molar-refractivity contribution in [2.75, 3.05) is 13.1 Å². The number of rotatable bonds is 2. The first-order chi connectivity index (χ1) is 16.0. The molecule has 3 aromatic rings. The molecule has 0 spiro atoms. The summed E-state index contributed by atoms with van der Waals surface area (Å²) < 4.78 is 38.7. The van der Waals surface area contributed by atoms with E-state index < -0.39 is 17.2 Å². The molecule has 0 unspecified atom stereocenters. The number of likely N-dealkylation sites (tertiary alicyclic amines) is 1. The van der Waals surface area contributed by atoms with Crippen molar-refractivity contribution < 1.29 is 22.3 Å². The highest BCUT2D eigenvalue weighted by atomic mass is 32.1. The van der Waals surface area contributed by atoms with Crippen LogP contribution in [0.2, 0.25) is 0 Å². The number of imidazole rings is 1. The van der Waals surface area contributed by atoms with Gasteiger partial charge < -0.3 is 14.2 Å². The Kier molecular flexibility index (Phi) is 7.86. The Morgan fingerprint density at radius 2 is 1.76 bits per heavy atom. The van der Waals surface area contributed by atoms with Crippen molar-refractivity contribution in [3.05, 3.63) is 53.6 Å². The van der Waals surface area contributed by atoms with Crippen LogP contribution in [-0.4, -0.2) is 47.7 Å². The Bertz CT molecular complexity index is 1220. The molecule has 1 aliphatic rings. The number of amides is 1. The summed E-state index contributed by atoms with van der Waals surface area (Å²) in [5.74, 6) is 1.07. The molecule has 1 amide bonds. The first-order valence-electron chi connectivity index (χ1n) is 11.2. The summed E-state index contributed by atoms with van der Waals surface area (Å²) in [6, 6.07) is 11.2. The van der Waals surface area contributed by atoms with Gasteiger partial charge in [0.25, 0.3) is 0 Å². The van der Waals surface area contributed by atoms with E-state index in [4.69, 9.17) is 18.1 Å². The van der Waals surface area contributed by atoms with Crippen LogP contribution in [0.4, 0.5) is 9.18 Å². The predicted octanol–water partition coefficient (Wildman–Crippen LogP) is 5.13. The maximum atomic E-state index is 14.4. The molecule has 2 aromatic carbocycles. The van der Waals surface area contributed by atoms with Gasteiger partial charge in [0.05, 0.1) is 11.0 Å². The molecule has 34 heavy (non-hydrogen) atoms. The maximum absolute atomic E-state index is 14.4. The van der Waals surface area contributed by atoms with Gasteiger partial charge in [0.2, 0.25) is 0 Å². The Morgan fingerprint density at radius 3 is 2.35 bits per heavy atom. The summed E-state index contributed by atoms with van der Waals surface area (Å²) >= 11 is -0.750. The average Bonchev–Trinajstić information content (AvgIpc) is 3.09. The molecule has 1 fully saturated rings. The molecular formula is C25H30FN3O4S. The van der Waals surface area contributed by atoms with Crippen LogP contribution in [0.3, 0.4) is 0 Å². The monoisotopic (exact) mass is 487 g/mol. The summed E-state index contributed by atoms with van der Waals surface area (Å²) in [4.78, 5) is 19.0. The number of benzene rings is 2. The van der Waals surface area contributed by atoms with E-state index in [0.29, 0.717) is 18.7 Å². The van der Waals surface area contributed by atoms with Crippen molar-refractivity contribution in [3.63, 3.8) is 0 Å². The molecule has 182 valence electrons. The second kappa shape index (κ2) is 10.5. The fraction of sp³-hybridized carbons (Fsp3) is 0.440. The van der Waals surface area contributed by atoms with E-state index in [1.807, 2.05) is 65.1 Å². The fourth-order valence-corrected chi connectivity index (χ4v) is 4.25. The number of aromatic nitrogens is 2. The molecular weight excluding hydrogens is 457 g/mol. The summed E-state index contributed by atoms with van der Waals surface area (Å²) in [6.45, 7) is 8.84. The third kappa shape index (κ3) is 5.88. The highest BCUT2D eigenvalue weighted by Gasteiger charge is 2.29. The molecule has 0 radical (unpaired) electrons. The maximum Gasteiger partial charge on any atom is 0.410 e. The molecule has 2 heterocycles. The highest BCUT2D eigenvalue weighted by Crippen LogP contribution is 2.32. The lowest BCUT2D eigenvalue weighted by molar-refractivity contribution is 0.0202. The summed E-state index contributed by atoms with van der Waals surface area (Å²) in [5, 5.41) is 0. The van der Waals surface area contributed by atoms with E-state index in [2.05, 4.69) is 4.57 Å². The molecule has 7 nitrogen and oxygen atoms in total. The SMILES string of the molecule is Cc1ccc(-c2ccc3c(c2)nc(C2CCN(C(=O)OC(C)(C)C)CC2)n3C)c(F)c1.O=S=O. The molecule has 1 saturated heterocycles. The van der Waals surface area contributed by atoms with E-state index in [-0.39, 0.29) is 17.8 Å². The number of halogens is 1. The number of aryl methyl sites for hydroxylation is 2. The molecule has 0 N–H and O–H groups in total.